The number of anilines is 3. The third-order valence-electron chi connectivity index (χ3n) is 4.01. The molecule has 1 aromatic heterocycles. The van der Waals surface area contributed by atoms with Crippen LogP contribution in [-0.4, -0.2) is 17.1 Å². The summed E-state index contributed by atoms with van der Waals surface area (Å²) in [6.07, 6.45) is 7.52. The molecule has 0 atom stereocenters. The van der Waals surface area contributed by atoms with E-state index in [9.17, 15) is 4.79 Å². The highest BCUT2D eigenvalue weighted by atomic mass is 16.2. The van der Waals surface area contributed by atoms with E-state index in [0.29, 0.717) is 11.9 Å². The average molecular weight is 310 g/mol. The molecular formula is C18H22N4O. The summed E-state index contributed by atoms with van der Waals surface area (Å²) in [5.74, 6) is 0.553. The molecule has 2 amide bonds. The van der Waals surface area contributed by atoms with Gasteiger partial charge in [0.1, 0.15) is 5.82 Å². The maximum atomic E-state index is 12.0. The Morgan fingerprint density at radius 3 is 2.43 bits per heavy atom. The number of aromatic nitrogens is 1. The summed E-state index contributed by atoms with van der Waals surface area (Å²) in [5.41, 5.74) is 1.89. The van der Waals surface area contributed by atoms with Gasteiger partial charge in [0.05, 0.1) is 11.9 Å². The molecule has 2 aromatic rings. The Hall–Kier alpha value is -2.56. The van der Waals surface area contributed by atoms with Crippen LogP contribution in [0.3, 0.4) is 0 Å². The Kier molecular flexibility index (Phi) is 5.09. The summed E-state index contributed by atoms with van der Waals surface area (Å²) in [6.45, 7) is 0. The van der Waals surface area contributed by atoms with Crippen molar-refractivity contribution in [2.45, 2.75) is 38.1 Å². The minimum atomic E-state index is -0.173. The molecule has 23 heavy (non-hydrogen) atoms. The zero-order valence-corrected chi connectivity index (χ0v) is 13.1. The number of nitrogens with zero attached hydrogens (tertiary/aromatic N) is 1. The first kappa shape index (κ1) is 15.3. The van der Waals surface area contributed by atoms with Gasteiger partial charge in [0.2, 0.25) is 0 Å². The first-order chi connectivity index (χ1) is 11.3. The SMILES string of the molecule is O=C(Nc1ccc(Nc2ccccc2)cn1)NC1CCCCC1. The highest BCUT2D eigenvalue weighted by Gasteiger charge is 2.15. The highest BCUT2D eigenvalue weighted by Crippen LogP contribution is 2.18. The second kappa shape index (κ2) is 7.63. The number of para-hydroxylation sites is 1. The fourth-order valence-corrected chi connectivity index (χ4v) is 2.81. The van der Waals surface area contributed by atoms with Gasteiger partial charge in [0.15, 0.2) is 0 Å². The minimum absolute atomic E-state index is 0.173. The normalized spacial score (nSPS) is 15.0. The van der Waals surface area contributed by atoms with Gasteiger partial charge in [-0.3, -0.25) is 5.32 Å². The number of hydrogen-bond donors (Lipinski definition) is 3. The molecule has 5 nitrogen and oxygen atoms in total. The largest absolute Gasteiger partial charge is 0.354 e. The maximum Gasteiger partial charge on any atom is 0.320 e. The van der Waals surface area contributed by atoms with Crippen LogP contribution >= 0.6 is 0 Å². The summed E-state index contributed by atoms with van der Waals surface area (Å²) >= 11 is 0. The lowest BCUT2D eigenvalue weighted by molar-refractivity contribution is 0.244. The van der Waals surface area contributed by atoms with E-state index in [1.54, 1.807) is 12.3 Å². The first-order valence-electron chi connectivity index (χ1n) is 8.15. The monoisotopic (exact) mass is 310 g/mol. The van der Waals surface area contributed by atoms with Crippen LogP contribution in [0.2, 0.25) is 0 Å². The number of carbonyl (C=O) groups is 1. The number of amides is 2. The first-order valence-corrected chi connectivity index (χ1v) is 8.15. The van der Waals surface area contributed by atoms with Gasteiger partial charge < -0.3 is 10.6 Å². The van der Waals surface area contributed by atoms with E-state index in [0.717, 1.165) is 24.2 Å². The lowest BCUT2D eigenvalue weighted by Gasteiger charge is -2.22. The summed E-state index contributed by atoms with van der Waals surface area (Å²) in [5, 5.41) is 9.07. The molecule has 0 aliphatic heterocycles. The Bertz CT molecular complexity index is 621. The standard InChI is InChI=1S/C18H22N4O/c23-18(21-15-9-5-2-6-10-15)22-17-12-11-16(13-19-17)20-14-7-3-1-4-8-14/h1,3-4,7-8,11-13,15,20H,2,5-6,9-10H2,(H2,19,21,22,23). The Labute approximate surface area is 136 Å². The van der Waals surface area contributed by atoms with Crippen LogP contribution in [0.15, 0.2) is 48.7 Å². The third kappa shape index (κ3) is 4.71. The second-order valence-corrected chi connectivity index (χ2v) is 5.86. The molecular weight excluding hydrogens is 288 g/mol. The van der Waals surface area contributed by atoms with Gasteiger partial charge in [-0.1, -0.05) is 37.5 Å². The summed E-state index contributed by atoms with van der Waals surface area (Å²) in [4.78, 5) is 16.3. The van der Waals surface area contributed by atoms with Gasteiger partial charge in [-0.15, -0.1) is 0 Å². The van der Waals surface area contributed by atoms with Crippen molar-refractivity contribution in [2.75, 3.05) is 10.6 Å². The van der Waals surface area contributed by atoms with Crippen LogP contribution in [-0.2, 0) is 0 Å². The molecule has 3 rings (SSSR count). The fraction of sp³-hybridized carbons (Fsp3) is 0.333. The molecule has 0 unspecified atom stereocenters. The van der Waals surface area contributed by atoms with Crippen LogP contribution in [0, 0.1) is 0 Å². The molecule has 5 heteroatoms. The molecule has 0 bridgehead atoms. The summed E-state index contributed by atoms with van der Waals surface area (Å²) in [6, 6.07) is 13.7. The molecule has 1 aromatic carbocycles. The third-order valence-corrected chi connectivity index (χ3v) is 4.01. The fourth-order valence-electron chi connectivity index (χ4n) is 2.81. The number of benzene rings is 1. The zero-order valence-electron chi connectivity index (χ0n) is 13.1. The molecule has 1 fully saturated rings. The van der Waals surface area contributed by atoms with Crippen molar-refractivity contribution in [1.29, 1.82) is 0 Å². The zero-order chi connectivity index (χ0) is 15.9. The van der Waals surface area contributed by atoms with Crippen molar-refractivity contribution >= 4 is 23.2 Å². The van der Waals surface area contributed by atoms with E-state index in [1.165, 1.54) is 19.3 Å². The number of nitrogens with one attached hydrogen (secondary N) is 3. The Morgan fingerprint density at radius 1 is 0.957 bits per heavy atom. The van der Waals surface area contributed by atoms with Crippen LogP contribution in [0.1, 0.15) is 32.1 Å². The van der Waals surface area contributed by atoms with Crippen molar-refractivity contribution in [3.63, 3.8) is 0 Å². The summed E-state index contributed by atoms with van der Waals surface area (Å²) < 4.78 is 0. The number of pyridine rings is 1. The van der Waals surface area contributed by atoms with Gasteiger partial charge in [0, 0.05) is 11.7 Å². The molecule has 0 saturated heterocycles. The molecule has 120 valence electrons. The van der Waals surface area contributed by atoms with Crippen molar-refractivity contribution < 1.29 is 4.79 Å². The lowest BCUT2D eigenvalue weighted by atomic mass is 9.96. The molecule has 1 saturated carbocycles. The van der Waals surface area contributed by atoms with Crippen LogP contribution in [0.4, 0.5) is 22.0 Å². The number of carbonyl (C=O) groups excluding carboxylic acids is 1. The van der Waals surface area contributed by atoms with E-state index in [2.05, 4.69) is 20.9 Å². The van der Waals surface area contributed by atoms with Crippen molar-refractivity contribution in [3.8, 4) is 0 Å². The summed E-state index contributed by atoms with van der Waals surface area (Å²) in [7, 11) is 0. The Morgan fingerprint density at radius 2 is 1.74 bits per heavy atom. The van der Waals surface area contributed by atoms with E-state index in [-0.39, 0.29) is 6.03 Å². The van der Waals surface area contributed by atoms with Crippen molar-refractivity contribution in [1.82, 2.24) is 10.3 Å². The highest BCUT2D eigenvalue weighted by molar-refractivity contribution is 5.88. The smallest absolute Gasteiger partial charge is 0.320 e. The number of urea groups is 1. The average Bonchev–Trinajstić information content (AvgIpc) is 2.58. The van der Waals surface area contributed by atoms with Crippen molar-refractivity contribution in [3.05, 3.63) is 48.7 Å². The Balaban J connectivity index is 1.51. The molecule has 0 spiro atoms. The number of hydrogen-bond acceptors (Lipinski definition) is 3. The van der Waals surface area contributed by atoms with Gasteiger partial charge in [-0.25, -0.2) is 9.78 Å². The van der Waals surface area contributed by atoms with Gasteiger partial charge in [-0.2, -0.15) is 0 Å². The van der Waals surface area contributed by atoms with Gasteiger partial charge >= 0.3 is 6.03 Å². The quantitative estimate of drug-likeness (QED) is 0.789. The number of rotatable bonds is 4. The van der Waals surface area contributed by atoms with Gasteiger partial charge in [0.25, 0.3) is 0 Å². The maximum absolute atomic E-state index is 12.0. The van der Waals surface area contributed by atoms with Crippen molar-refractivity contribution in [2.24, 2.45) is 0 Å². The lowest BCUT2D eigenvalue weighted by Crippen LogP contribution is -2.39. The van der Waals surface area contributed by atoms with Crippen LogP contribution < -0.4 is 16.0 Å². The predicted molar refractivity (Wildman–Crippen MR) is 93.0 cm³/mol. The minimum Gasteiger partial charge on any atom is -0.354 e. The molecule has 3 N–H and O–H groups in total. The second-order valence-electron chi connectivity index (χ2n) is 5.86. The molecule has 0 radical (unpaired) electrons. The van der Waals surface area contributed by atoms with E-state index < -0.39 is 0 Å². The molecule has 1 aliphatic carbocycles. The molecule has 1 heterocycles. The molecule has 1 aliphatic rings. The predicted octanol–water partition coefficient (Wildman–Crippen LogP) is 4.28. The van der Waals surface area contributed by atoms with Gasteiger partial charge in [-0.05, 0) is 37.1 Å². The topological polar surface area (TPSA) is 66.0 Å². The van der Waals surface area contributed by atoms with Crippen LogP contribution in [0.5, 0.6) is 0 Å². The van der Waals surface area contributed by atoms with E-state index >= 15 is 0 Å². The van der Waals surface area contributed by atoms with Crippen LogP contribution in [0.25, 0.3) is 0 Å². The van der Waals surface area contributed by atoms with E-state index in [4.69, 9.17) is 0 Å². The van der Waals surface area contributed by atoms with E-state index in [1.807, 2.05) is 36.4 Å².